The number of carbonyl (C=O) groups excluding carboxylic acids is 6. The average molecular weight is 577 g/mol. The Hall–Kier alpha value is -3.41. The van der Waals surface area contributed by atoms with Crippen molar-refractivity contribution in [1.82, 2.24) is 20.4 Å². The molecule has 0 saturated carbocycles. The Bertz CT molecular complexity index is 1070. The molecule has 1 fully saturated rings. The number of nitrogens with one attached hydrogen (secondary N) is 2. The number of hydrogen-bond donors (Lipinski definition) is 2. The van der Waals surface area contributed by atoms with E-state index in [1.165, 1.54) is 30.8 Å². The van der Waals surface area contributed by atoms with Crippen LogP contribution in [0.5, 0.6) is 0 Å². The van der Waals surface area contributed by atoms with E-state index in [0.29, 0.717) is 25.1 Å². The van der Waals surface area contributed by atoms with E-state index in [1.54, 1.807) is 0 Å². The monoisotopic (exact) mass is 576 g/mol. The van der Waals surface area contributed by atoms with Gasteiger partial charge in [0.2, 0.25) is 17.7 Å². The molecule has 1 heterocycles. The van der Waals surface area contributed by atoms with Crippen LogP contribution >= 0.6 is 11.8 Å². The largest absolute Gasteiger partial charge is 0.469 e. The van der Waals surface area contributed by atoms with E-state index in [4.69, 9.17) is 0 Å². The number of rotatable bonds is 13. The minimum Gasteiger partial charge on any atom is -0.469 e. The fourth-order valence-corrected chi connectivity index (χ4v) is 5.17. The second kappa shape index (κ2) is 16.0. The number of amides is 4. The highest BCUT2D eigenvalue weighted by molar-refractivity contribution is 8.12. The summed E-state index contributed by atoms with van der Waals surface area (Å²) in [4.78, 5) is 78.2. The van der Waals surface area contributed by atoms with E-state index in [0.717, 1.165) is 17.3 Å². The van der Waals surface area contributed by atoms with E-state index in [-0.39, 0.29) is 36.5 Å². The number of nitrogens with zero attached hydrogens (tertiary/aromatic N) is 2. The number of carbonyl (C=O) groups is 6. The number of benzene rings is 1. The lowest BCUT2D eigenvalue weighted by molar-refractivity contribution is -0.142. The van der Waals surface area contributed by atoms with Crippen LogP contribution in [0.2, 0.25) is 0 Å². The lowest BCUT2D eigenvalue weighted by Gasteiger charge is -2.31. The van der Waals surface area contributed by atoms with Crippen LogP contribution in [0, 0.1) is 0 Å². The average Bonchev–Trinajstić information content (AvgIpc) is 3.43. The van der Waals surface area contributed by atoms with Gasteiger partial charge in [0.25, 0.3) is 5.24 Å². The lowest BCUT2D eigenvalue weighted by Crippen LogP contribution is -2.55. The van der Waals surface area contributed by atoms with Crippen LogP contribution < -0.4 is 10.6 Å². The van der Waals surface area contributed by atoms with Crippen molar-refractivity contribution in [2.24, 2.45) is 0 Å². The van der Waals surface area contributed by atoms with E-state index < -0.39 is 41.8 Å². The minimum absolute atomic E-state index is 0.109. The van der Waals surface area contributed by atoms with Crippen molar-refractivity contribution < 1.29 is 33.5 Å². The maximum atomic E-state index is 13.3. The molecule has 11 nitrogen and oxygen atoms in total. The lowest BCUT2D eigenvalue weighted by atomic mass is 10.1. The molecule has 1 aromatic rings. The zero-order chi connectivity index (χ0) is 29.8. The van der Waals surface area contributed by atoms with Crippen molar-refractivity contribution in [2.75, 3.05) is 20.2 Å². The predicted octanol–water partition coefficient (Wildman–Crippen LogP) is 2.27. The van der Waals surface area contributed by atoms with Gasteiger partial charge in [0.1, 0.15) is 12.1 Å². The summed E-state index contributed by atoms with van der Waals surface area (Å²) in [5.74, 6) is -1.74. The van der Waals surface area contributed by atoms with E-state index >= 15 is 0 Å². The molecule has 3 atom stereocenters. The number of esters is 1. The first-order valence-electron chi connectivity index (χ1n) is 13.4. The van der Waals surface area contributed by atoms with Crippen LogP contribution in [0.3, 0.4) is 0 Å². The molecule has 1 aliphatic heterocycles. The Morgan fingerprint density at radius 1 is 1.00 bits per heavy atom. The van der Waals surface area contributed by atoms with Gasteiger partial charge in [-0.1, -0.05) is 42.1 Å². The Kier molecular flexibility index (Phi) is 13.1. The zero-order valence-electron chi connectivity index (χ0n) is 23.8. The zero-order valence-corrected chi connectivity index (χ0v) is 24.6. The number of ketones is 1. The van der Waals surface area contributed by atoms with Crippen LogP contribution in [0.4, 0.5) is 4.79 Å². The molecule has 1 saturated heterocycles. The number of ether oxygens (including phenoxy) is 1. The molecule has 2 rings (SSSR count). The van der Waals surface area contributed by atoms with E-state index in [2.05, 4.69) is 15.4 Å². The molecule has 1 aromatic carbocycles. The van der Waals surface area contributed by atoms with Crippen molar-refractivity contribution in [1.29, 1.82) is 0 Å². The van der Waals surface area contributed by atoms with Gasteiger partial charge >= 0.3 is 5.97 Å². The first-order valence-corrected chi connectivity index (χ1v) is 14.4. The van der Waals surface area contributed by atoms with Gasteiger partial charge in [-0.05, 0) is 46.1 Å². The summed E-state index contributed by atoms with van der Waals surface area (Å²) in [6.45, 7) is 6.95. The van der Waals surface area contributed by atoms with Gasteiger partial charge in [-0.15, -0.1) is 0 Å². The minimum atomic E-state index is -0.935. The third-order valence-electron chi connectivity index (χ3n) is 6.58. The van der Waals surface area contributed by atoms with E-state index in [9.17, 15) is 28.8 Å². The van der Waals surface area contributed by atoms with Gasteiger partial charge in [-0.25, -0.2) is 0 Å². The SMILES string of the molecule is COC(=O)CCC(=O)N[C@@H](C)C(=O)N[C@@H](C)C(=O)N1CCC[C@H]1C(=O)CN(C(=O)SCc1ccccc1)C(C)C. The Balaban J connectivity index is 1.92. The predicted molar refractivity (Wildman–Crippen MR) is 151 cm³/mol. The number of likely N-dealkylation sites (tertiary alicyclic amines) is 1. The van der Waals surface area contributed by atoms with Crippen LogP contribution in [-0.2, 0) is 34.5 Å². The maximum Gasteiger partial charge on any atom is 0.306 e. The van der Waals surface area contributed by atoms with Crippen molar-refractivity contribution in [3.63, 3.8) is 0 Å². The molecule has 40 heavy (non-hydrogen) atoms. The van der Waals surface area contributed by atoms with Crippen LogP contribution in [0.1, 0.15) is 58.9 Å². The molecule has 220 valence electrons. The second-order valence-corrected chi connectivity index (χ2v) is 10.9. The molecule has 1 aliphatic rings. The molecule has 0 unspecified atom stereocenters. The molecule has 0 aliphatic carbocycles. The summed E-state index contributed by atoms with van der Waals surface area (Å²) in [6, 6.07) is 6.84. The Labute approximate surface area is 239 Å². The third kappa shape index (κ3) is 9.96. The summed E-state index contributed by atoms with van der Waals surface area (Å²) in [5.41, 5.74) is 1.01. The van der Waals surface area contributed by atoms with Crippen molar-refractivity contribution in [3.05, 3.63) is 35.9 Å². The topological polar surface area (TPSA) is 142 Å². The quantitative estimate of drug-likeness (QED) is 0.341. The highest BCUT2D eigenvalue weighted by Gasteiger charge is 2.37. The van der Waals surface area contributed by atoms with Gasteiger partial charge in [-0.3, -0.25) is 28.8 Å². The fraction of sp³-hybridized carbons (Fsp3) is 0.571. The molecule has 2 N–H and O–H groups in total. The standard InChI is InChI=1S/C28H40N4O7S/c1-18(2)32(28(38)40-17-21-10-7-6-8-11-21)16-23(33)22-12-9-15-31(22)27(37)20(4)30-26(36)19(3)29-24(34)13-14-25(35)39-5/h6-8,10-11,18-20,22H,9,12-17H2,1-5H3,(H,29,34)(H,30,36)/t19-,20-,22-/m0/s1. The first-order chi connectivity index (χ1) is 18.9. The number of hydrogen-bond acceptors (Lipinski definition) is 8. The van der Waals surface area contributed by atoms with Crippen LogP contribution in [0.15, 0.2) is 30.3 Å². The first kappa shape index (κ1) is 32.8. The summed E-state index contributed by atoms with van der Waals surface area (Å²) >= 11 is 1.14. The Morgan fingerprint density at radius 3 is 2.30 bits per heavy atom. The van der Waals surface area contributed by atoms with Gasteiger partial charge in [0.15, 0.2) is 5.78 Å². The number of Topliss-reactive ketones (excluding diaryl/α,β-unsaturated/α-hetero) is 1. The summed E-state index contributed by atoms with van der Waals surface area (Å²) in [7, 11) is 1.22. The van der Waals surface area contributed by atoms with Gasteiger partial charge < -0.3 is 25.2 Å². The highest BCUT2D eigenvalue weighted by Crippen LogP contribution is 2.22. The van der Waals surface area contributed by atoms with Crippen LogP contribution in [-0.4, -0.2) is 88.9 Å². The number of methoxy groups -OCH3 is 1. The summed E-state index contributed by atoms with van der Waals surface area (Å²) in [5, 5.41) is 4.87. The third-order valence-corrected chi connectivity index (χ3v) is 7.54. The molecule has 12 heteroatoms. The van der Waals surface area contributed by atoms with Gasteiger partial charge in [0.05, 0.1) is 26.1 Å². The molecule has 0 spiro atoms. The molecular weight excluding hydrogens is 536 g/mol. The van der Waals surface area contributed by atoms with Crippen molar-refractivity contribution in [3.8, 4) is 0 Å². The second-order valence-electron chi connectivity index (χ2n) is 10.0. The van der Waals surface area contributed by atoms with E-state index in [1.807, 2.05) is 44.2 Å². The fourth-order valence-electron chi connectivity index (χ4n) is 4.24. The highest BCUT2D eigenvalue weighted by atomic mass is 32.2. The number of thioether (sulfide) groups is 1. The maximum absolute atomic E-state index is 13.3. The molecule has 0 radical (unpaired) electrons. The molecule has 0 bridgehead atoms. The van der Waals surface area contributed by atoms with Crippen molar-refractivity contribution in [2.45, 2.75) is 83.3 Å². The smallest absolute Gasteiger partial charge is 0.306 e. The summed E-state index contributed by atoms with van der Waals surface area (Å²) < 4.78 is 4.49. The molecular formula is C28H40N4O7S. The normalized spacial score (nSPS) is 16.1. The van der Waals surface area contributed by atoms with Crippen LogP contribution in [0.25, 0.3) is 0 Å². The molecule has 0 aromatic heterocycles. The van der Waals surface area contributed by atoms with Gasteiger partial charge in [0, 0.05) is 24.8 Å². The van der Waals surface area contributed by atoms with Gasteiger partial charge in [-0.2, -0.15) is 0 Å². The molecule has 4 amide bonds. The van der Waals surface area contributed by atoms with Crippen molar-refractivity contribution >= 4 is 46.5 Å². The Morgan fingerprint density at radius 2 is 1.68 bits per heavy atom. The summed E-state index contributed by atoms with van der Waals surface area (Å²) in [6.07, 6.45) is 0.877.